The standard InChI is InChI=1S/C17H19N3O6/c1-3-25-17(22)13-8-7-12(20(23)24)10-14(13)18-15(21)11-26-16-6-4-5-9-19(16)2/h4-10,16H,3,11H2,1-2H3,(H,18,21). The van der Waals surface area contributed by atoms with E-state index in [0.717, 1.165) is 6.07 Å². The second-order valence-corrected chi connectivity index (χ2v) is 5.35. The van der Waals surface area contributed by atoms with E-state index in [2.05, 4.69) is 5.32 Å². The van der Waals surface area contributed by atoms with E-state index in [1.165, 1.54) is 12.1 Å². The number of nitrogens with one attached hydrogen (secondary N) is 1. The van der Waals surface area contributed by atoms with Gasteiger partial charge in [-0.1, -0.05) is 6.08 Å². The molecule has 0 radical (unpaired) electrons. The van der Waals surface area contributed by atoms with Crippen LogP contribution in [-0.4, -0.2) is 48.2 Å². The summed E-state index contributed by atoms with van der Waals surface area (Å²) in [6, 6.07) is 3.53. The van der Waals surface area contributed by atoms with Crippen molar-refractivity contribution in [3.8, 4) is 0 Å². The Morgan fingerprint density at radius 2 is 2.12 bits per heavy atom. The van der Waals surface area contributed by atoms with Crippen LogP contribution in [0.4, 0.5) is 11.4 Å². The van der Waals surface area contributed by atoms with Crippen molar-refractivity contribution in [2.24, 2.45) is 0 Å². The molecule has 0 spiro atoms. The zero-order valence-electron chi connectivity index (χ0n) is 14.4. The highest BCUT2D eigenvalue weighted by Crippen LogP contribution is 2.23. The van der Waals surface area contributed by atoms with Crippen LogP contribution in [0.3, 0.4) is 0 Å². The number of ether oxygens (including phenoxy) is 2. The monoisotopic (exact) mass is 361 g/mol. The van der Waals surface area contributed by atoms with Gasteiger partial charge in [-0.25, -0.2) is 4.79 Å². The lowest BCUT2D eigenvalue weighted by molar-refractivity contribution is -0.384. The predicted octanol–water partition coefficient (Wildman–Crippen LogP) is 2.07. The third-order valence-electron chi connectivity index (χ3n) is 3.48. The van der Waals surface area contributed by atoms with Crippen molar-refractivity contribution < 1.29 is 24.0 Å². The number of allylic oxidation sites excluding steroid dienone is 2. The molecule has 0 fully saturated rings. The van der Waals surface area contributed by atoms with Crippen LogP contribution in [-0.2, 0) is 14.3 Å². The summed E-state index contributed by atoms with van der Waals surface area (Å²) in [6.07, 6.45) is 6.78. The van der Waals surface area contributed by atoms with Crippen molar-refractivity contribution in [1.29, 1.82) is 0 Å². The molecule has 1 aliphatic rings. The average molecular weight is 361 g/mol. The second kappa shape index (κ2) is 8.77. The van der Waals surface area contributed by atoms with Crippen LogP contribution in [0, 0.1) is 10.1 Å². The largest absolute Gasteiger partial charge is 0.462 e. The van der Waals surface area contributed by atoms with Crippen LogP contribution in [0.5, 0.6) is 0 Å². The molecule has 0 saturated heterocycles. The Morgan fingerprint density at radius 1 is 1.35 bits per heavy atom. The van der Waals surface area contributed by atoms with Crippen molar-refractivity contribution >= 4 is 23.3 Å². The first kappa shape index (κ1) is 19.1. The van der Waals surface area contributed by atoms with E-state index >= 15 is 0 Å². The number of hydrogen-bond acceptors (Lipinski definition) is 7. The number of esters is 1. The molecule has 138 valence electrons. The van der Waals surface area contributed by atoms with E-state index in [1.807, 2.05) is 6.08 Å². The highest BCUT2D eigenvalue weighted by Gasteiger charge is 2.20. The molecule has 1 atom stereocenters. The van der Waals surface area contributed by atoms with Crippen LogP contribution in [0.15, 0.2) is 42.6 Å². The highest BCUT2D eigenvalue weighted by molar-refractivity contribution is 6.02. The quantitative estimate of drug-likeness (QED) is 0.449. The Bertz CT molecular complexity index is 759. The fourth-order valence-corrected chi connectivity index (χ4v) is 2.22. The van der Waals surface area contributed by atoms with Gasteiger partial charge in [0.05, 0.1) is 22.8 Å². The van der Waals surface area contributed by atoms with E-state index in [4.69, 9.17) is 9.47 Å². The number of nitro groups is 1. The number of nitro benzene ring substituents is 1. The average Bonchev–Trinajstić information content (AvgIpc) is 2.61. The molecule has 1 unspecified atom stereocenters. The van der Waals surface area contributed by atoms with E-state index in [-0.39, 0.29) is 30.2 Å². The summed E-state index contributed by atoms with van der Waals surface area (Å²) in [7, 11) is 1.79. The number of nitrogens with zero attached hydrogens (tertiary/aromatic N) is 2. The van der Waals surface area contributed by atoms with Gasteiger partial charge in [0.1, 0.15) is 12.8 Å². The van der Waals surface area contributed by atoms with Gasteiger partial charge < -0.3 is 19.7 Å². The zero-order chi connectivity index (χ0) is 19.1. The second-order valence-electron chi connectivity index (χ2n) is 5.35. The first-order valence-corrected chi connectivity index (χ1v) is 7.86. The van der Waals surface area contributed by atoms with Gasteiger partial charge in [0.25, 0.3) is 11.6 Å². The Morgan fingerprint density at radius 3 is 2.77 bits per heavy atom. The van der Waals surface area contributed by atoms with Gasteiger partial charge in [0.15, 0.2) is 0 Å². The van der Waals surface area contributed by atoms with Crippen molar-refractivity contribution in [2.75, 3.05) is 25.6 Å². The topological polar surface area (TPSA) is 111 Å². The van der Waals surface area contributed by atoms with Gasteiger partial charge in [-0.15, -0.1) is 0 Å². The number of non-ortho nitro benzene ring substituents is 1. The fourth-order valence-electron chi connectivity index (χ4n) is 2.22. The molecule has 1 amide bonds. The Kier molecular flexibility index (Phi) is 6.45. The minimum absolute atomic E-state index is 0.00122. The highest BCUT2D eigenvalue weighted by atomic mass is 16.6. The lowest BCUT2D eigenvalue weighted by Gasteiger charge is -2.25. The number of likely N-dealkylation sites (N-methyl/N-ethyl adjacent to an activating group) is 1. The molecule has 1 aromatic rings. The summed E-state index contributed by atoms with van der Waals surface area (Å²) in [6.45, 7) is 1.48. The normalized spacial score (nSPS) is 15.6. The third-order valence-corrected chi connectivity index (χ3v) is 3.48. The van der Waals surface area contributed by atoms with Crippen molar-refractivity contribution in [3.05, 3.63) is 58.3 Å². The number of carbonyl (C=O) groups excluding carboxylic acids is 2. The van der Waals surface area contributed by atoms with Gasteiger partial charge >= 0.3 is 5.97 Å². The Labute approximate surface area is 150 Å². The van der Waals surface area contributed by atoms with E-state index in [0.29, 0.717) is 0 Å². The third kappa shape index (κ3) is 4.90. The lowest BCUT2D eigenvalue weighted by atomic mass is 10.1. The summed E-state index contributed by atoms with van der Waals surface area (Å²) in [5, 5.41) is 13.4. The molecule has 0 aromatic heterocycles. The number of benzene rings is 1. The predicted molar refractivity (Wildman–Crippen MR) is 93.5 cm³/mol. The zero-order valence-corrected chi connectivity index (χ0v) is 14.4. The number of hydrogen-bond donors (Lipinski definition) is 1. The molecule has 1 aliphatic heterocycles. The number of anilines is 1. The summed E-state index contributed by atoms with van der Waals surface area (Å²) in [5.74, 6) is -1.23. The molecular weight excluding hydrogens is 342 g/mol. The maximum Gasteiger partial charge on any atom is 0.340 e. The molecule has 0 aliphatic carbocycles. The van der Waals surface area contributed by atoms with Crippen LogP contribution in [0.1, 0.15) is 17.3 Å². The van der Waals surface area contributed by atoms with Crippen LogP contribution < -0.4 is 5.32 Å². The summed E-state index contributed by atoms with van der Waals surface area (Å²) >= 11 is 0. The van der Waals surface area contributed by atoms with Crippen LogP contribution in [0.25, 0.3) is 0 Å². The van der Waals surface area contributed by atoms with Gasteiger partial charge in [0, 0.05) is 25.4 Å². The maximum atomic E-state index is 12.2. The Balaban J connectivity index is 2.10. The van der Waals surface area contributed by atoms with Gasteiger partial charge in [-0.3, -0.25) is 14.9 Å². The lowest BCUT2D eigenvalue weighted by Crippen LogP contribution is -2.32. The van der Waals surface area contributed by atoms with Gasteiger partial charge in [0.2, 0.25) is 0 Å². The summed E-state index contributed by atoms with van der Waals surface area (Å²) in [4.78, 5) is 36.2. The first-order valence-electron chi connectivity index (χ1n) is 7.86. The number of carbonyl (C=O) groups is 2. The van der Waals surface area contributed by atoms with Crippen molar-refractivity contribution in [1.82, 2.24) is 4.90 Å². The molecule has 1 aromatic carbocycles. The minimum atomic E-state index is -0.682. The minimum Gasteiger partial charge on any atom is -0.462 e. The van der Waals surface area contributed by atoms with Crippen LogP contribution in [0.2, 0.25) is 0 Å². The molecule has 1 heterocycles. The van der Waals surface area contributed by atoms with Gasteiger partial charge in [-0.05, 0) is 25.1 Å². The Hall–Kier alpha value is -3.20. The molecule has 0 saturated carbocycles. The molecule has 0 bridgehead atoms. The number of amides is 1. The summed E-state index contributed by atoms with van der Waals surface area (Å²) < 4.78 is 10.4. The first-order chi connectivity index (χ1) is 12.4. The molecule has 1 N–H and O–H groups in total. The van der Waals surface area contributed by atoms with E-state index < -0.39 is 23.0 Å². The maximum absolute atomic E-state index is 12.2. The molecule has 26 heavy (non-hydrogen) atoms. The SMILES string of the molecule is CCOC(=O)c1ccc([N+](=O)[O-])cc1NC(=O)COC1C=CC=CN1C. The van der Waals surface area contributed by atoms with E-state index in [1.54, 1.807) is 37.2 Å². The molecule has 9 nitrogen and oxygen atoms in total. The molecule has 9 heteroatoms. The summed E-state index contributed by atoms with van der Waals surface area (Å²) in [5.41, 5.74) is -0.226. The van der Waals surface area contributed by atoms with Crippen molar-refractivity contribution in [2.45, 2.75) is 13.2 Å². The van der Waals surface area contributed by atoms with Gasteiger partial charge in [-0.2, -0.15) is 0 Å². The van der Waals surface area contributed by atoms with Crippen LogP contribution >= 0.6 is 0 Å². The van der Waals surface area contributed by atoms with Crippen molar-refractivity contribution in [3.63, 3.8) is 0 Å². The smallest absolute Gasteiger partial charge is 0.340 e. The molecule has 2 rings (SSSR count). The van der Waals surface area contributed by atoms with E-state index in [9.17, 15) is 19.7 Å². The number of rotatable bonds is 7. The molecular formula is C17H19N3O6. The fraction of sp³-hybridized carbons (Fsp3) is 0.294.